The number of aliphatic hydroxyl groups excluding tert-OH is 1. The number of nitrogens with one attached hydrogen (secondary N) is 1. The van der Waals surface area contributed by atoms with Crippen LogP contribution in [0.2, 0.25) is 0 Å². The van der Waals surface area contributed by atoms with Crippen molar-refractivity contribution >= 4 is 21.4 Å². The van der Waals surface area contributed by atoms with E-state index >= 15 is 0 Å². The number of halogens is 3. The highest BCUT2D eigenvalue weighted by Crippen LogP contribution is 2.30. The molecule has 0 aliphatic carbocycles. The van der Waals surface area contributed by atoms with Gasteiger partial charge in [0.15, 0.2) is 0 Å². The number of thiophene rings is 1. The lowest BCUT2D eigenvalue weighted by molar-refractivity contribution is -0.137. The molecule has 28 heavy (non-hydrogen) atoms. The van der Waals surface area contributed by atoms with Crippen molar-refractivity contribution in [2.45, 2.75) is 24.6 Å². The fraction of sp³-hybridized carbons (Fsp3) is 0.222. The molecule has 0 radical (unpaired) electrons. The molecule has 1 aromatic carbocycles. The molecule has 2 heterocycles. The summed E-state index contributed by atoms with van der Waals surface area (Å²) in [6.45, 7) is 0.0124. The fourth-order valence-electron chi connectivity index (χ4n) is 2.47. The van der Waals surface area contributed by atoms with Crippen LogP contribution in [0.3, 0.4) is 0 Å². The predicted octanol–water partition coefficient (Wildman–Crippen LogP) is 4.06. The van der Waals surface area contributed by atoms with Crippen LogP contribution < -0.4 is 4.72 Å². The van der Waals surface area contributed by atoms with E-state index in [4.69, 9.17) is 4.42 Å². The maximum atomic E-state index is 12.6. The van der Waals surface area contributed by atoms with Gasteiger partial charge in [0.1, 0.15) is 11.9 Å². The third kappa shape index (κ3) is 5.22. The number of hydrogen-bond donors (Lipinski definition) is 2. The topological polar surface area (TPSA) is 79.5 Å². The molecular weight excluding hydrogens is 415 g/mol. The van der Waals surface area contributed by atoms with Gasteiger partial charge in [0.05, 0.1) is 17.6 Å². The first-order chi connectivity index (χ1) is 13.1. The Balaban J connectivity index is 1.59. The van der Waals surface area contributed by atoms with Crippen LogP contribution in [0, 0.1) is 0 Å². The Kier molecular flexibility index (Phi) is 5.94. The molecule has 2 N–H and O–H groups in total. The zero-order valence-corrected chi connectivity index (χ0v) is 15.9. The number of hydrogen-bond acceptors (Lipinski definition) is 5. The largest absolute Gasteiger partial charge is 0.466 e. The molecule has 0 amide bonds. The van der Waals surface area contributed by atoms with Crippen LogP contribution in [0.4, 0.5) is 13.2 Å². The minimum absolute atomic E-state index is 0.0124. The van der Waals surface area contributed by atoms with E-state index in [2.05, 4.69) is 4.72 Å². The molecule has 150 valence electrons. The third-order valence-electron chi connectivity index (χ3n) is 3.87. The van der Waals surface area contributed by atoms with Crippen molar-refractivity contribution in [1.82, 2.24) is 4.72 Å². The molecule has 0 spiro atoms. The van der Waals surface area contributed by atoms with Crippen molar-refractivity contribution in [2.24, 2.45) is 0 Å². The van der Waals surface area contributed by atoms with Gasteiger partial charge in [-0.15, -0.1) is 11.3 Å². The highest BCUT2D eigenvalue weighted by Gasteiger charge is 2.30. The standard InChI is InChI=1S/C18H16F3NO4S2/c19-18(20,21)13-5-3-12(4-6-13)11-28(24,25)22-10-14-7-8-16(27-14)17(23)15-2-1-9-26-15/h1-9,17,22-23H,10-11H2. The van der Waals surface area contributed by atoms with Crippen molar-refractivity contribution in [1.29, 1.82) is 0 Å². The zero-order chi connectivity index (χ0) is 20.4. The van der Waals surface area contributed by atoms with Crippen LogP contribution in [0.15, 0.2) is 59.2 Å². The summed E-state index contributed by atoms with van der Waals surface area (Å²) in [6.07, 6.45) is -3.95. The van der Waals surface area contributed by atoms with Gasteiger partial charge in [-0.05, 0) is 42.0 Å². The van der Waals surface area contributed by atoms with E-state index in [0.717, 1.165) is 24.3 Å². The molecule has 3 aromatic rings. The molecule has 1 unspecified atom stereocenters. The van der Waals surface area contributed by atoms with Gasteiger partial charge in [-0.1, -0.05) is 12.1 Å². The average Bonchev–Trinajstić information content (AvgIpc) is 3.31. The van der Waals surface area contributed by atoms with Crippen molar-refractivity contribution in [3.05, 3.63) is 81.4 Å². The second-order valence-corrected chi connectivity index (χ2v) is 9.00. The van der Waals surface area contributed by atoms with E-state index in [9.17, 15) is 26.7 Å². The normalized spacial score (nSPS) is 13.6. The monoisotopic (exact) mass is 431 g/mol. The molecule has 0 bridgehead atoms. The molecule has 0 aliphatic heterocycles. The Bertz CT molecular complexity index is 1010. The summed E-state index contributed by atoms with van der Waals surface area (Å²) < 4.78 is 69.6. The van der Waals surface area contributed by atoms with Gasteiger partial charge in [0.2, 0.25) is 10.0 Å². The molecule has 5 nitrogen and oxygen atoms in total. The number of rotatable bonds is 7. The van der Waals surface area contributed by atoms with Gasteiger partial charge in [0.25, 0.3) is 0 Å². The van der Waals surface area contributed by atoms with E-state index in [1.165, 1.54) is 17.6 Å². The lowest BCUT2D eigenvalue weighted by atomic mass is 10.1. The summed E-state index contributed by atoms with van der Waals surface area (Å²) in [5, 5.41) is 10.2. The summed E-state index contributed by atoms with van der Waals surface area (Å²) in [5.74, 6) is -0.0467. The van der Waals surface area contributed by atoms with Crippen LogP contribution in [0.25, 0.3) is 0 Å². The molecule has 1 atom stereocenters. The van der Waals surface area contributed by atoms with E-state index in [1.54, 1.807) is 24.3 Å². The number of benzene rings is 1. The second-order valence-electron chi connectivity index (χ2n) is 6.00. The first-order valence-corrected chi connectivity index (χ1v) is 10.5. The van der Waals surface area contributed by atoms with Gasteiger partial charge in [-0.2, -0.15) is 13.2 Å². The van der Waals surface area contributed by atoms with Gasteiger partial charge in [-0.3, -0.25) is 0 Å². The average molecular weight is 431 g/mol. The fourth-order valence-corrected chi connectivity index (χ4v) is 4.61. The van der Waals surface area contributed by atoms with Crippen molar-refractivity contribution in [2.75, 3.05) is 0 Å². The van der Waals surface area contributed by atoms with Crippen molar-refractivity contribution in [3.63, 3.8) is 0 Å². The van der Waals surface area contributed by atoms with Crippen LogP contribution in [0.1, 0.15) is 32.7 Å². The van der Waals surface area contributed by atoms with Crippen LogP contribution in [0.5, 0.6) is 0 Å². The van der Waals surface area contributed by atoms with Crippen molar-refractivity contribution in [3.8, 4) is 0 Å². The summed E-state index contributed by atoms with van der Waals surface area (Å²) >= 11 is 1.23. The SMILES string of the molecule is O=S(=O)(Cc1ccc(C(F)(F)F)cc1)NCc1ccc(C(O)c2ccco2)s1. The van der Waals surface area contributed by atoms with E-state index in [1.807, 2.05) is 0 Å². The van der Waals surface area contributed by atoms with Crippen LogP contribution in [-0.2, 0) is 28.5 Å². The number of sulfonamides is 1. The Hall–Kier alpha value is -2.14. The molecule has 0 saturated carbocycles. The molecule has 3 rings (SSSR count). The summed E-state index contributed by atoms with van der Waals surface area (Å²) in [5.41, 5.74) is -0.580. The summed E-state index contributed by atoms with van der Waals surface area (Å²) in [6, 6.07) is 10.7. The Morgan fingerprint density at radius 2 is 1.82 bits per heavy atom. The maximum absolute atomic E-state index is 12.6. The van der Waals surface area contributed by atoms with E-state index in [-0.39, 0.29) is 12.1 Å². The molecule has 2 aromatic heterocycles. The summed E-state index contributed by atoms with van der Waals surface area (Å²) in [7, 11) is -3.74. The lowest BCUT2D eigenvalue weighted by Gasteiger charge is -2.09. The van der Waals surface area contributed by atoms with Gasteiger partial charge < -0.3 is 9.52 Å². The number of aliphatic hydroxyl groups is 1. The highest BCUT2D eigenvalue weighted by atomic mass is 32.2. The lowest BCUT2D eigenvalue weighted by Crippen LogP contribution is -2.24. The smallest absolute Gasteiger partial charge is 0.416 e. The first-order valence-electron chi connectivity index (χ1n) is 8.07. The predicted molar refractivity (Wildman–Crippen MR) is 98.0 cm³/mol. The second kappa shape index (κ2) is 8.08. The number of alkyl halides is 3. The van der Waals surface area contributed by atoms with Crippen LogP contribution >= 0.6 is 11.3 Å². The quantitative estimate of drug-likeness (QED) is 0.591. The molecule has 0 saturated heterocycles. The van der Waals surface area contributed by atoms with E-state index < -0.39 is 33.6 Å². The Morgan fingerprint density at radius 1 is 1.11 bits per heavy atom. The third-order valence-corrected chi connectivity index (χ3v) is 6.30. The Labute approximate surface area is 163 Å². The highest BCUT2D eigenvalue weighted by molar-refractivity contribution is 7.88. The molecule has 0 fully saturated rings. The van der Waals surface area contributed by atoms with Crippen LogP contribution in [-0.4, -0.2) is 13.5 Å². The minimum Gasteiger partial charge on any atom is -0.466 e. The van der Waals surface area contributed by atoms with Gasteiger partial charge >= 0.3 is 6.18 Å². The molecule has 10 heteroatoms. The van der Waals surface area contributed by atoms with Crippen molar-refractivity contribution < 1.29 is 31.1 Å². The molecular formula is C18H16F3NO4S2. The van der Waals surface area contributed by atoms with E-state index in [0.29, 0.717) is 15.5 Å². The van der Waals surface area contributed by atoms with Gasteiger partial charge in [0, 0.05) is 16.3 Å². The van der Waals surface area contributed by atoms with Gasteiger partial charge in [-0.25, -0.2) is 13.1 Å². The number of furan rings is 1. The Morgan fingerprint density at radius 3 is 2.43 bits per heavy atom. The minimum atomic E-state index is -4.47. The maximum Gasteiger partial charge on any atom is 0.416 e. The first kappa shape index (κ1) is 20.6. The zero-order valence-electron chi connectivity index (χ0n) is 14.3. The molecule has 0 aliphatic rings. The summed E-state index contributed by atoms with van der Waals surface area (Å²) in [4.78, 5) is 1.28.